The van der Waals surface area contributed by atoms with E-state index in [1.807, 2.05) is 20.2 Å². The second kappa shape index (κ2) is 10.0. The minimum atomic E-state index is -0.607. The third kappa shape index (κ3) is 5.05. The molecule has 0 radical (unpaired) electrons. The fraction of sp³-hybridized carbons (Fsp3) is 0.440. The molecular formula is C25H32N4O3. The van der Waals surface area contributed by atoms with Crippen molar-refractivity contribution in [2.75, 3.05) is 50.1 Å². The lowest BCUT2D eigenvalue weighted by molar-refractivity contribution is -0.139. The number of para-hydroxylation sites is 1. The first-order valence-corrected chi connectivity index (χ1v) is 11.3. The maximum atomic E-state index is 12.5. The van der Waals surface area contributed by atoms with E-state index in [9.17, 15) is 9.59 Å². The minimum Gasteiger partial charge on any atom is -0.378 e. The second-order valence-corrected chi connectivity index (χ2v) is 8.63. The number of carbonyl (C=O) groups excluding carboxylic acids is 2. The van der Waals surface area contributed by atoms with Crippen molar-refractivity contribution in [3.05, 3.63) is 59.7 Å². The van der Waals surface area contributed by atoms with Crippen molar-refractivity contribution < 1.29 is 14.3 Å². The molecule has 4 rings (SSSR count). The van der Waals surface area contributed by atoms with Crippen molar-refractivity contribution in [2.24, 2.45) is 0 Å². The molecule has 0 aromatic heterocycles. The van der Waals surface area contributed by atoms with E-state index in [1.54, 1.807) is 0 Å². The Balaban J connectivity index is 1.45. The number of rotatable bonds is 7. The van der Waals surface area contributed by atoms with Gasteiger partial charge in [-0.25, -0.2) is 0 Å². The number of amides is 2. The average Bonchev–Trinajstić information content (AvgIpc) is 3.48. The molecule has 0 spiro atoms. The lowest BCUT2D eigenvalue weighted by Crippen LogP contribution is -2.45. The van der Waals surface area contributed by atoms with E-state index in [4.69, 9.17) is 4.74 Å². The predicted molar refractivity (Wildman–Crippen MR) is 126 cm³/mol. The molecule has 2 aliphatic rings. The fourth-order valence-corrected chi connectivity index (χ4v) is 4.45. The van der Waals surface area contributed by atoms with Gasteiger partial charge in [0.05, 0.1) is 12.1 Å². The minimum absolute atomic E-state index is 0.0100. The van der Waals surface area contributed by atoms with Crippen LogP contribution in [-0.2, 0) is 20.7 Å². The highest BCUT2D eigenvalue weighted by molar-refractivity contribution is 6.35. The number of carbonyl (C=O) groups is 2. The van der Waals surface area contributed by atoms with Gasteiger partial charge in [-0.05, 0) is 48.6 Å². The number of ether oxygens (including phenoxy) is 1. The molecule has 2 N–H and O–H groups in total. The zero-order valence-electron chi connectivity index (χ0n) is 18.8. The van der Waals surface area contributed by atoms with Gasteiger partial charge in [-0.15, -0.1) is 0 Å². The van der Waals surface area contributed by atoms with E-state index in [0.717, 1.165) is 43.7 Å². The molecule has 0 bridgehead atoms. The van der Waals surface area contributed by atoms with E-state index >= 15 is 0 Å². The van der Waals surface area contributed by atoms with Gasteiger partial charge < -0.3 is 25.2 Å². The summed E-state index contributed by atoms with van der Waals surface area (Å²) in [7, 11) is 4.03. The number of fused-ring (bicyclic) bond motifs is 1. The summed E-state index contributed by atoms with van der Waals surface area (Å²) in [6.45, 7) is 2.32. The average molecular weight is 437 g/mol. The summed E-state index contributed by atoms with van der Waals surface area (Å²) in [5.74, 6) is -1.21. The van der Waals surface area contributed by atoms with Crippen LogP contribution in [0.2, 0.25) is 0 Å². The molecule has 1 saturated heterocycles. The molecule has 2 amide bonds. The first-order chi connectivity index (χ1) is 15.5. The van der Waals surface area contributed by atoms with E-state index in [1.165, 1.54) is 11.3 Å². The lowest BCUT2D eigenvalue weighted by atomic mass is 10.0. The second-order valence-electron chi connectivity index (χ2n) is 8.63. The predicted octanol–water partition coefficient (Wildman–Crippen LogP) is 2.27. The molecule has 7 nitrogen and oxygen atoms in total. The van der Waals surface area contributed by atoms with Crippen LogP contribution < -0.4 is 20.4 Å². The van der Waals surface area contributed by atoms with Crippen molar-refractivity contribution in [2.45, 2.75) is 31.4 Å². The summed E-state index contributed by atoms with van der Waals surface area (Å²) < 4.78 is 5.51. The molecule has 32 heavy (non-hydrogen) atoms. The normalized spacial score (nSPS) is 18.2. The number of hydrogen-bond acceptors (Lipinski definition) is 5. The summed E-state index contributed by atoms with van der Waals surface area (Å²) in [6, 6.07) is 16.7. The van der Waals surface area contributed by atoms with Gasteiger partial charge in [0.15, 0.2) is 0 Å². The van der Waals surface area contributed by atoms with Gasteiger partial charge in [0, 0.05) is 51.7 Å². The van der Waals surface area contributed by atoms with Gasteiger partial charge in [0.2, 0.25) is 0 Å². The highest BCUT2D eigenvalue weighted by atomic mass is 16.5. The molecule has 170 valence electrons. The van der Waals surface area contributed by atoms with Crippen LogP contribution in [0, 0.1) is 0 Å². The van der Waals surface area contributed by atoms with Crippen LogP contribution in [0.4, 0.5) is 11.4 Å². The maximum Gasteiger partial charge on any atom is 0.309 e. The lowest BCUT2D eigenvalue weighted by Gasteiger charge is -2.31. The Morgan fingerprint density at radius 2 is 1.84 bits per heavy atom. The fourth-order valence-electron chi connectivity index (χ4n) is 4.45. The Morgan fingerprint density at radius 3 is 2.56 bits per heavy atom. The molecule has 0 aliphatic carbocycles. The summed E-state index contributed by atoms with van der Waals surface area (Å²) in [6.07, 6.45) is 2.90. The van der Waals surface area contributed by atoms with Gasteiger partial charge >= 0.3 is 11.8 Å². The van der Waals surface area contributed by atoms with Gasteiger partial charge in [-0.3, -0.25) is 9.59 Å². The number of benzene rings is 2. The molecule has 2 aliphatic heterocycles. The van der Waals surface area contributed by atoms with E-state index < -0.39 is 11.8 Å². The Labute approximate surface area is 189 Å². The van der Waals surface area contributed by atoms with Gasteiger partial charge in [-0.1, -0.05) is 30.3 Å². The first kappa shape index (κ1) is 22.1. The number of nitrogens with one attached hydrogen (secondary N) is 2. The van der Waals surface area contributed by atoms with E-state index in [-0.39, 0.29) is 12.1 Å². The van der Waals surface area contributed by atoms with E-state index in [2.05, 4.69) is 62.9 Å². The highest BCUT2D eigenvalue weighted by Gasteiger charge is 2.28. The summed E-state index contributed by atoms with van der Waals surface area (Å²) >= 11 is 0. The van der Waals surface area contributed by atoms with Gasteiger partial charge in [-0.2, -0.15) is 0 Å². The van der Waals surface area contributed by atoms with Crippen LogP contribution in [0.1, 0.15) is 30.0 Å². The number of nitrogens with zero attached hydrogens (tertiary/aromatic N) is 2. The molecule has 1 fully saturated rings. The molecule has 7 heteroatoms. The van der Waals surface area contributed by atoms with Crippen LogP contribution in [0.5, 0.6) is 0 Å². The maximum absolute atomic E-state index is 12.5. The number of hydrogen-bond donors (Lipinski definition) is 2. The van der Waals surface area contributed by atoms with Crippen LogP contribution in [0.3, 0.4) is 0 Å². The zero-order chi connectivity index (χ0) is 22.5. The molecule has 2 aromatic rings. The third-order valence-electron chi connectivity index (χ3n) is 6.27. The van der Waals surface area contributed by atoms with Crippen molar-refractivity contribution in [1.82, 2.24) is 10.6 Å². The quantitative estimate of drug-likeness (QED) is 0.652. The zero-order valence-corrected chi connectivity index (χ0v) is 18.8. The van der Waals surface area contributed by atoms with Crippen LogP contribution in [0.15, 0.2) is 48.5 Å². The van der Waals surface area contributed by atoms with Crippen LogP contribution in [-0.4, -0.2) is 58.3 Å². The Bertz CT molecular complexity index is 938. The topological polar surface area (TPSA) is 73.9 Å². The standard InChI is InChI=1S/C25H32N4O3/c1-28(2)20-11-9-19(10-12-20)23(29-14-13-18-6-3-4-8-22(18)29)17-27-25(31)24(30)26-16-21-7-5-15-32-21/h3-4,6,8-12,21,23H,5,7,13-17H2,1-2H3,(H,26,30)(H,27,31)/t21-,23-/m0/s1. The van der Waals surface area contributed by atoms with Gasteiger partial charge in [0.25, 0.3) is 0 Å². The summed E-state index contributed by atoms with van der Waals surface area (Å²) in [5.41, 5.74) is 4.72. The smallest absolute Gasteiger partial charge is 0.309 e. The largest absolute Gasteiger partial charge is 0.378 e. The van der Waals surface area contributed by atoms with Crippen molar-refractivity contribution in [3.8, 4) is 0 Å². The third-order valence-corrected chi connectivity index (χ3v) is 6.27. The first-order valence-electron chi connectivity index (χ1n) is 11.3. The Hall–Kier alpha value is -3.06. The molecule has 0 saturated carbocycles. The molecule has 2 heterocycles. The van der Waals surface area contributed by atoms with Crippen LogP contribution in [0.25, 0.3) is 0 Å². The molecule has 2 atom stereocenters. The Kier molecular flexibility index (Phi) is 6.95. The number of anilines is 2. The summed E-state index contributed by atoms with van der Waals surface area (Å²) in [4.78, 5) is 29.2. The monoisotopic (exact) mass is 436 g/mol. The highest BCUT2D eigenvalue weighted by Crippen LogP contribution is 2.35. The van der Waals surface area contributed by atoms with Crippen molar-refractivity contribution in [3.63, 3.8) is 0 Å². The van der Waals surface area contributed by atoms with Gasteiger partial charge in [0.1, 0.15) is 0 Å². The molecule has 2 aromatic carbocycles. The summed E-state index contributed by atoms with van der Waals surface area (Å²) in [5, 5.41) is 5.56. The molecule has 0 unspecified atom stereocenters. The van der Waals surface area contributed by atoms with Crippen LogP contribution >= 0.6 is 0 Å². The molecular weight excluding hydrogens is 404 g/mol. The SMILES string of the molecule is CN(C)c1ccc([C@H](CNC(=O)C(=O)NC[C@@H]2CCCO2)N2CCc3ccccc32)cc1. The Morgan fingerprint density at radius 1 is 1.09 bits per heavy atom. The van der Waals surface area contributed by atoms with Crippen molar-refractivity contribution >= 4 is 23.2 Å². The van der Waals surface area contributed by atoms with Crippen molar-refractivity contribution in [1.29, 1.82) is 0 Å². The van der Waals surface area contributed by atoms with E-state index in [0.29, 0.717) is 13.1 Å².